The van der Waals surface area contributed by atoms with Crippen LogP contribution in [0, 0.1) is 17.1 Å². The van der Waals surface area contributed by atoms with E-state index in [4.69, 9.17) is 11.0 Å². The molecule has 0 saturated carbocycles. The molecule has 0 spiro atoms. The fourth-order valence-corrected chi connectivity index (χ4v) is 2.07. The van der Waals surface area contributed by atoms with E-state index in [0.717, 1.165) is 30.4 Å². The van der Waals surface area contributed by atoms with Gasteiger partial charge in [-0.1, -0.05) is 0 Å². The van der Waals surface area contributed by atoms with Gasteiger partial charge in [-0.15, -0.1) is 0 Å². The first kappa shape index (κ1) is 9.17. The Morgan fingerprint density at radius 2 is 2.29 bits per heavy atom. The lowest BCUT2D eigenvalue weighted by atomic mass is 9.85. The van der Waals surface area contributed by atoms with Gasteiger partial charge in [-0.2, -0.15) is 5.26 Å². The van der Waals surface area contributed by atoms with Crippen molar-refractivity contribution in [1.82, 2.24) is 0 Å². The van der Waals surface area contributed by atoms with Crippen molar-refractivity contribution in [2.24, 2.45) is 5.73 Å². The molecule has 2 rings (SSSR count). The Morgan fingerprint density at radius 3 is 3.00 bits per heavy atom. The second kappa shape index (κ2) is 3.39. The molecule has 1 aromatic rings. The number of halogens is 1. The Morgan fingerprint density at radius 1 is 1.50 bits per heavy atom. The smallest absolute Gasteiger partial charge is 0.124 e. The van der Waals surface area contributed by atoms with E-state index in [0.29, 0.717) is 5.56 Å². The van der Waals surface area contributed by atoms with Gasteiger partial charge in [-0.25, -0.2) is 4.39 Å². The monoisotopic (exact) mass is 190 g/mol. The van der Waals surface area contributed by atoms with Crippen LogP contribution in [0.4, 0.5) is 4.39 Å². The Labute approximate surface area is 82.1 Å². The van der Waals surface area contributed by atoms with Gasteiger partial charge < -0.3 is 5.73 Å². The molecule has 0 saturated heterocycles. The third kappa shape index (κ3) is 1.38. The third-order valence-electron chi connectivity index (χ3n) is 2.68. The summed E-state index contributed by atoms with van der Waals surface area (Å²) in [6, 6.07) is 4.67. The van der Waals surface area contributed by atoms with Crippen molar-refractivity contribution in [1.29, 1.82) is 5.26 Å². The standard InChI is InChI=1S/C11H11FN2/c12-9-4-7-2-1-3-10(14)11(7)8(5-9)6-13/h4-5,10H,1-3,14H2/t10-/m0/s1. The van der Waals surface area contributed by atoms with Gasteiger partial charge in [0.25, 0.3) is 0 Å². The van der Waals surface area contributed by atoms with Crippen molar-refractivity contribution in [3.8, 4) is 6.07 Å². The zero-order chi connectivity index (χ0) is 10.1. The number of nitrogens with two attached hydrogens (primary N) is 1. The molecule has 72 valence electrons. The highest BCUT2D eigenvalue weighted by Gasteiger charge is 2.21. The first-order valence-corrected chi connectivity index (χ1v) is 4.70. The molecule has 2 N–H and O–H groups in total. The minimum atomic E-state index is -0.339. The first-order valence-electron chi connectivity index (χ1n) is 4.70. The molecule has 0 amide bonds. The maximum Gasteiger partial charge on any atom is 0.124 e. The summed E-state index contributed by atoms with van der Waals surface area (Å²) in [7, 11) is 0. The van der Waals surface area contributed by atoms with Crippen LogP contribution in [-0.2, 0) is 6.42 Å². The van der Waals surface area contributed by atoms with Crippen LogP contribution in [0.15, 0.2) is 12.1 Å². The van der Waals surface area contributed by atoms with Crippen LogP contribution in [0.5, 0.6) is 0 Å². The zero-order valence-electron chi connectivity index (χ0n) is 7.76. The average Bonchev–Trinajstić information content (AvgIpc) is 2.16. The van der Waals surface area contributed by atoms with Gasteiger partial charge in [0.2, 0.25) is 0 Å². The number of rotatable bonds is 0. The van der Waals surface area contributed by atoms with E-state index in [9.17, 15) is 4.39 Å². The second-order valence-corrected chi connectivity index (χ2v) is 3.64. The highest BCUT2D eigenvalue weighted by molar-refractivity contribution is 5.46. The highest BCUT2D eigenvalue weighted by Crippen LogP contribution is 2.31. The number of fused-ring (bicyclic) bond motifs is 1. The van der Waals surface area contributed by atoms with Gasteiger partial charge >= 0.3 is 0 Å². The molecular weight excluding hydrogens is 179 g/mol. The summed E-state index contributed by atoms with van der Waals surface area (Å²) in [6.45, 7) is 0. The van der Waals surface area contributed by atoms with Crippen molar-refractivity contribution >= 4 is 0 Å². The summed E-state index contributed by atoms with van der Waals surface area (Å²) >= 11 is 0. The molecule has 0 fully saturated rings. The van der Waals surface area contributed by atoms with Crippen molar-refractivity contribution in [2.75, 3.05) is 0 Å². The quantitative estimate of drug-likeness (QED) is 0.680. The SMILES string of the molecule is N#Cc1cc(F)cc2c1[C@@H](N)CCC2. The van der Waals surface area contributed by atoms with Gasteiger partial charge in [0, 0.05) is 6.04 Å². The number of hydrogen-bond acceptors (Lipinski definition) is 2. The van der Waals surface area contributed by atoms with Gasteiger partial charge in [0.05, 0.1) is 11.6 Å². The first-order chi connectivity index (χ1) is 6.72. The van der Waals surface area contributed by atoms with E-state index >= 15 is 0 Å². The van der Waals surface area contributed by atoms with Crippen LogP contribution in [0.1, 0.15) is 35.6 Å². The number of nitrogens with zero attached hydrogens (tertiary/aromatic N) is 1. The molecule has 14 heavy (non-hydrogen) atoms. The molecule has 0 aromatic heterocycles. The minimum absolute atomic E-state index is 0.103. The topological polar surface area (TPSA) is 49.8 Å². The molecule has 0 heterocycles. The van der Waals surface area contributed by atoms with Crippen LogP contribution < -0.4 is 5.73 Å². The number of benzene rings is 1. The van der Waals surface area contributed by atoms with E-state index in [1.165, 1.54) is 12.1 Å². The van der Waals surface area contributed by atoms with E-state index in [2.05, 4.69) is 0 Å². The summed E-state index contributed by atoms with van der Waals surface area (Å²) in [6.07, 6.45) is 2.69. The molecule has 1 atom stereocenters. The number of hydrogen-bond donors (Lipinski definition) is 1. The molecule has 0 radical (unpaired) electrons. The largest absolute Gasteiger partial charge is 0.324 e. The Bertz CT molecular complexity index is 406. The van der Waals surface area contributed by atoms with Crippen LogP contribution in [0.3, 0.4) is 0 Å². The Hall–Kier alpha value is -1.40. The molecule has 1 aliphatic carbocycles. The fraction of sp³-hybridized carbons (Fsp3) is 0.364. The van der Waals surface area contributed by atoms with Gasteiger partial charge in [0.1, 0.15) is 5.82 Å². The van der Waals surface area contributed by atoms with Crippen molar-refractivity contribution in [3.63, 3.8) is 0 Å². The van der Waals surface area contributed by atoms with E-state index in [-0.39, 0.29) is 11.9 Å². The molecule has 3 heteroatoms. The lowest BCUT2D eigenvalue weighted by Gasteiger charge is -2.23. The summed E-state index contributed by atoms with van der Waals surface area (Å²) in [5, 5.41) is 8.86. The lowest BCUT2D eigenvalue weighted by molar-refractivity contribution is 0.558. The van der Waals surface area contributed by atoms with Gasteiger partial charge in [0.15, 0.2) is 0 Å². The predicted octanol–water partition coefficient (Wildman–Crippen LogP) is 2.03. The molecule has 1 aliphatic rings. The Balaban J connectivity index is 2.63. The van der Waals surface area contributed by atoms with Crippen molar-refractivity contribution in [3.05, 3.63) is 34.6 Å². The third-order valence-corrected chi connectivity index (χ3v) is 2.68. The maximum absolute atomic E-state index is 13.1. The second-order valence-electron chi connectivity index (χ2n) is 3.64. The van der Waals surface area contributed by atoms with Crippen LogP contribution in [-0.4, -0.2) is 0 Å². The molecule has 1 aromatic carbocycles. The summed E-state index contributed by atoms with van der Waals surface area (Å²) in [4.78, 5) is 0. The van der Waals surface area contributed by atoms with Crippen LogP contribution >= 0.6 is 0 Å². The average molecular weight is 190 g/mol. The highest BCUT2D eigenvalue weighted by atomic mass is 19.1. The van der Waals surface area contributed by atoms with Crippen LogP contribution in [0.25, 0.3) is 0 Å². The molecular formula is C11H11FN2. The summed E-state index contributed by atoms with van der Waals surface area (Å²) < 4.78 is 13.1. The molecule has 2 nitrogen and oxygen atoms in total. The summed E-state index contributed by atoms with van der Waals surface area (Å²) in [5.41, 5.74) is 8.05. The van der Waals surface area contributed by atoms with Crippen molar-refractivity contribution < 1.29 is 4.39 Å². The van der Waals surface area contributed by atoms with Crippen LogP contribution in [0.2, 0.25) is 0 Å². The molecule has 0 bridgehead atoms. The fourth-order valence-electron chi connectivity index (χ4n) is 2.07. The lowest BCUT2D eigenvalue weighted by Crippen LogP contribution is -2.19. The van der Waals surface area contributed by atoms with E-state index in [1.54, 1.807) is 0 Å². The predicted molar refractivity (Wildman–Crippen MR) is 51.0 cm³/mol. The van der Waals surface area contributed by atoms with Gasteiger partial charge in [-0.05, 0) is 42.5 Å². The minimum Gasteiger partial charge on any atom is -0.324 e. The van der Waals surface area contributed by atoms with E-state index in [1.807, 2.05) is 6.07 Å². The normalized spacial score (nSPS) is 19.9. The maximum atomic E-state index is 13.1. The zero-order valence-corrected chi connectivity index (χ0v) is 7.76. The van der Waals surface area contributed by atoms with E-state index < -0.39 is 0 Å². The van der Waals surface area contributed by atoms with Crippen molar-refractivity contribution in [2.45, 2.75) is 25.3 Å². The summed E-state index contributed by atoms with van der Waals surface area (Å²) in [5.74, 6) is -0.339. The Kier molecular flexibility index (Phi) is 2.22. The molecule has 0 aliphatic heterocycles. The number of nitriles is 1. The van der Waals surface area contributed by atoms with Gasteiger partial charge in [-0.3, -0.25) is 0 Å². The molecule has 0 unspecified atom stereocenters. The number of aryl methyl sites for hydroxylation is 1.